The minimum atomic E-state index is -5.86. The standard InChI is InChI=1S/C32H31F5O2S/c1-29-17-26(20-4-2-18(3-5-20)19-6-10-23(40)11-7-19)28-24-13-9-22(38)16-21(24)8-12-25(28)27(29)14-15-30(29,39)31(33,34)32(35,36)37/h2-7,10-11,16,25-27,39-40H,8-9,12-15,17H2,1H3/t25-,26-,27-,29-,30-/m0/s1. The van der Waals surface area contributed by atoms with Gasteiger partial charge in [-0.3, -0.25) is 4.79 Å². The maximum absolute atomic E-state index is 15.1. The van der Waals surface area contributed by atoms with Crippen LogP contribution in [0.1, 0.15) is 63.4 Å². The SMILES string of the molecule is C[C@]12C[C@@H](c3ccc(-c4ccc(S)cc4)cc3)C3=C4CCC(=O)C=C4CC[C@H]3[C@@H]1CC[C@@]2(O)C(F)(F)C(F)(F)F. The molecule has 0 heterocycles. The van der Waals surface area contributed by atoms with Crippen molar-refractivity contribution in [2.75, 3.05) is 0 Å². The second-order valence-corrected chi connectivity index (χ2v) is 12.7. The van der Waals surface area contributed by atoms with Gasteiger partial charge in [-0.15, -0.1) is 12.6 Å². The zero-order valence-electron chi connectivity index (χ0n) is 22.1. The van der Waals surface area contributed by atoms with E-state index in [1.54, 1.807) is 6.08 Å². The van der Waals surface area contributed by atoms with Gasteiger partial charge in [-0.25, -0.2) is 0 Å². The van der Waals surface area contributed by atoms with Crippen LogP contribution in [0.2, 0.25) is 0 Å². The number of aliphatic hydroxyl groups is 1. The zero-order valence-corrected chi connectivity index (χ0v) is 23.0. The molecule has 0 saturated heterocycles. The molecule has 0 aromatic heterocycles. The summed E-state index contributed by atoms with van der Waals surface area (Å²) in [4.78, 5) is 13.0. The first-order valence-corrected chi connectivity index (χ1v) is 14.2. The molecule has 0 spiro atoms. The fourth-order valence-corrected chi connectivity index (χ4v) is 8.43. The molecule has 6 rings (SSSR count). The molecule has 2 nitrogen and oxygen atoms in total. The van der Waals surface area contributed by atoms with Crippen molar-refractivity contribution in [1.29, 1.82) is 0 Å². The number of fused-ring (bicyclic) bond motifs is 4. The molecule has 2 aromatic rings. The third-order valence-electron chi connectivity index (χ3n) is 10.3. The maximum Gasteiger partial charge on any atom is 0.456 e. The first-order valence-electron chi connectivity index (χ1n) is 13.8. The van der Waals surface area contributed by atoms with Crippen molar-refractivity contribution in [1.82, 2.24) is 0 Å². The maximum atomic E-state index is 15.1. The molecule has 2 aromatic carbocycles. The van der Waals surface area contributed by atoms with E-state index in [1.807, 2.05) is 48.5 Å². The van der Waals surface area contributed by atoms with E-state index in [4.69, 9.17) is 0 Å². The van der Waals surface area contributed by atoms with E-state index in [0.29, 0.717) is 25.7 Å². The van der Waals surface area contributed by atoms with Crippen LogP contribution in [0.25, 0.3) is 11.1 Å². The van der Waals surface area contributed by atoms with Crippen LogP contribution in [-0.2, 0) is 4.79 Å². The Morgan fingerprint density at radius 2 is 1.52 bits per heavy atom. The van der Waals surface area contributed by atoms with Gasteiger partial charge in [-0.05, 0) is 96.4 Å². The van der Waals surface area contributed by atoms with Gasteiger partial charge in [0, 0.05) is 22.6 Å². The van der Waals surface area contributed by atoms with Crippen LogP contribution < -0.4 is 0 Å². The van der Waals surface area contributed by atoms with E-state index in [-0.39, 0.29) is 24.5 Å². The summed E-state index contributed by atoms with van der Waals surface area (Å²) in [7, 11) is 0. The Morgan fingerprint density at radius 3 is 2.15 bits per heavy atom. The molecule has 0 bridgehead atoms. The van der Waals surface area contributed by atoms with E-state index in [0.717, 1.165) is 38.3 Å². The molecule has 4 aliphatic rings. The average Bonchev–Trinajstić information content (AvgIpc) is 3.19. The highest BCUT2D eigenvalue weighted by Gasteiger charge is 2.79. The number of ketones is 1. The van der Waals surface area contributed by atoms with Gasteiger partial charge in [0.25, 0.3) is 0 Å². The molecule has 0 amide bonds. The molecule has 2 fully saturated rings. The van der Waals surface area contributed by atoms with Gasteiger partial charge < -0.3 is 5.11 Å². The molecular weight excluding hydrogens is 543 g/mol. The summed E-state index contributed by atoms with van der Waals surface area (Å²) in [5.41, 5.74) is 0.984. The van der Waals surface area contributed by atoms with E-state index in [2.05, 4.69) is 12.6 Å². The van der Waals surface area contributed by atoms with E-state index in [9.17, 15) is 23.1 Å². The third-order valence-corrected chi connectivity index (χ3v) is 10.6. The topological polar surface area (TPSA) is 37.3 Å². The Labute approximate surface area is 235 Å². The highest BCUT2D eigenvalue weighted by Crippen LogP contribution is 2.70. The number of alkyl halides is 5. The lowest BCUT2D eigenvalue weighted by molar-refractivity contribution is -0.362. The number of carbonyl (C=O) groups is 1. The molecule has 0 unspecified atom stereocenters. The molecule has 1 N–H and O–H groups in total. The number of benzene rings is 2. The van der Waals surface area contributed by atoms with Gasteiger partial charge in [0.05, 0.1) is 0 Å². The van der Waals surface area contributed by atoms with E-state index in [1.165, 1.54) is 6.92 Å². The highest BCUT2D eigenvalue weighted by atomic mass is 32.1. The first kappa shape index (κ1) is 27.7. The number of carbonyl (C=O) groups excluding carboxylic acids is 1. The fourth-order valence-electron chi connectivity index (χ4n) is 8.28. The van der Waals surface area contributed by atoms with Gasteiger partial charge in [-0.2, -0.15) is 22.0 Å². The summed E-state index contributed by atoms with van der Waals surface area (Å²) < 4.78 is 71.5. The highest BCUT2D eigenvalue weighted by molar-refractivity contribution is 7.80. The molecule has 0 aliphatic heterocycles. The Hall–Kier alpha value is -2.45. The predicted octanol–water partition coefficient (Wildman–Crippen LogP) is 8.47. The van der Waals surface area contributed by atoms with E-state index < -0.39 is 41.4 Å². The van der Waals surface area contributed by atoms with Gasteiger partial charge in [0.15, 0.2) is 5.78 Å². The summed E-state index contributed by atoms with van der Waals surface area (Å²) in [6.07, 6.45) is -2.64. The Balaban J connectivity index is 1.48. The van der Waals surface area contributed by atoms with Crippen LogP contribution >= 0.6 is 12.6 Å². The van der Waals surface area contributed by atoms with Gasteiger partial charge in [-0.1, -0.05) is 48.9 Å². The minimum Gasteiger partial charge on any atom is -0.383 e. The lowest BCUT2D eigenvalue weighted by Crippen LogP contribution is -2.65. The molecular formula is C32H31F5O2S. The van der Waals surface area contributed by atoms with Crippen molar-refractivity contribution in [3.63, 3.8) is 0 Å². The van der Waals surface area contributed by atoms with Crippen molar-refractivity contribution in [2.24, 2.45) is 17.3 Å². The number of hydrogen-bond acceptors (Lipinski definition) is 3. The van der Waals surface area contributed by atoms with Crippen molar-refractivity contribution < 1.29 is 31.9 Å². The average molecular weight is 575 g/mol. The first-order chi connectivity index (χ1) is 18.8. The van der Waals surface area contributed by atoms with Crippen molar-refractivity contribution >= 4 is 18.4 Å². The smallest absolute Gasteiger partial charge is 0.383 e. The normalized spacial score (nSPS) is 32.4. The summed E-state index contributed by atoms with van der Waals surface area (Å²) in [6.45, 7) is 1.45. The van der Waals surface area contributed by atoms with Gasteiger partial charge in [0.1, 0.15) is 5.60 Å². The van der Waals surface area contributed by atoms with Crippen LogP contribution in [0.4, 0.5) is 22.0 Å². The van der Waals surface area contributed by atoms with Crippen molar-refractivity contribution in [3.05, 3.63) is 76.9 Å². The number of thiol groups is 1. The van der Waals surface area contributed by atoms with Gasteiger partial charge in [0.2, 0.25) is 0 Å². The number of hydrogen-bond donors (Lipinski definition) is 2. The molecule has 0 radical (unpaired) electrons. The van der Waals surface area contributed by atoms with Crippen LogP contribution in [0.5, 0.6) is 0 Å². The fraction of sp³-hybridized carbons (Fsp3) is 0.469. The number of allylic oxidation sites excluding steroid dienone is 4. The molecule has 212 valence electrons. The quantitative estimate of drug-likeness (QED) is 0.285. The number of halogens is 5. The second kappa shape index (κ2) is 9.28. The summed E-state index contributed by atoms with van der Waals surface area (Å²) in [5, 5.41) is 11.4. The van der Waals surface area contributed by atoms with Crippen molar-refractivity contribution in [3.8, 4) is 11.1 Å². The molecule has 4 aliphatic carbocycles. The van der Waals surface area contributed by atoms with Crippen LogP contribution in [0.3, 0.4) is 0 Å². The lowest BCUT2D eigenvalue weighted by atomic mass is 9.50. The Bertz CT molecular complexity index is 1410. The van der Waals surface area contributed by atoms with E-state index >= 15 is 8.78 Å². The predicted molar refractivity (Wildman–Crippen MR) is 145 cm³/mol. The molecule has 2 saturated carbocycles. The summed E-state index contributed by atoms with van der Waals surface area (Å²) in [5.74, 6) is -6.36. The molecule has 5 atom stereocenters. The van der Waals surface area contributed by atoms with Gasteiger partial charge >= 0.3 is 12.1 Å². The van der Waals surface area contributed by atoms with Crippen LogP contribution in [0, 0.1) is 17.3 Å². The number of rotatable bonds is 3. The van der Waals surface area contributed by atoms with Crippen molar-refractivity contribution in [2.45, 2.75) is 80.4 Å². The monoisotopic (exact) mass is 574 g/mol. The molecule has 40 heavy (non-hydrogen) atoms. The second-order valence-electron chi connectivity index (χ2n) is 12.1. The zero-order chi connectivity index (χ0) is 28.7. The third kappa shape index (κ3) is 3.96. The largest absolute Gasteiger partial charge is 0.456 e. The van der Waals surface area contributed by atoms with Crippen LogP contribution in [-0.4, -0.2) is 28.6 Å². The lowest BCUT2D eigenvalue weighted by Gasteiger charge is -2.56. The van der Waals surface area contributed by atoms with Crippen LogP contribution in [0.15, 0.2) is 76.2 Å². The molecule has 8 heteroatoms. The minimum absolute atomic E-state index is 0.0237. The Morgan fingerprint density at radius 1 is 0.900 bits per heavy atom. The summed E-state index contributed by atoms with van der Waals surface area (Å²) in [6, 6.07) is 15.4. The summed E-state index contributed by atoms with van der Waals surface area (Å²) >= 11 is 4.33. The Kier molecular flexibility index (Phi) is 6.43.